The predicted octanol–water partition coefficient (Wildman–Crippen LogP) is 1.14. The van der Waals surface area contributed by atoms with Gasteiger partial charge in [-0.3, -0.25) is 4.55 Å². The molecule has 3 rings (SSSR count). The maximum Gasteiger partial charge on any atom is 0.294 e. The topological polar surface area (TPSA) is 118 Å². The lowest BCUT2D eigenvalue weighted by molar-refractivity contribution is 0.483. The van der Waals surface area contributed by atoms with E-state index in [1.807, 2.05) is 0 Å². The zero-order chi connectivity index (χ0) is 18.8. The van der Waals surface area contributed by atoms with Gasteiger partial charge in [0.25, 0.3) is 10.1 Å². The Labute approximate surface area is 147 Å². The number of nitrogens with zero attached hydrogens (tertiary/aromatic N) is 2. The van der Waals surface area contributed by atoms with Crippen molar-refractivity contribution in [2.75, 3.05) is 0 Å². The van der Waals surface area contributed by atoms with E-state index in [9.17, 15) is 16.8 Å². The second kappa shape index (κ2) is 7.24. The Bertz CT molecular complexity index is 949. The monoisotopic (exact) mass is 387 g/mol. The molecule has 1 aromatic carbocycles. The van der Waals surface area contributed by atoms with Crippen LogP contribution in [-0.2, 0) is 40.1 Å². The van der Waals surface area contributed by atoms with Crippen LogP contribution in [-0.4, -0.2) is 36.2 Å². The highest BCUT2D eigenvalue weighted by atomic mass is 32.2. The van der Waals surface area contributed by atoms with Crippen LogP contribution in [0.25, 0.3) is 0 Å². The molecule has 138 valence electrons. The van der Waals surface area contributed by atoms with Gasteiger partial charge < -0.3 is 9.88 Å². The molecule has 8 nitrogen and oxygen atoms in total. The van der Waals surface area contributed by atoms with E-state index in [1.165, 1.54) is 12.1 Å². The number of sulfone groups is 1. The second-order valence-corrected chi connectivity index (χ2v) is 9.65. The minimum atomic E-state index is -4.00. The van der Waals surface area contributed by atoms with Gasteiger partial charge in [-0.15, -0.1) is 0 Å². The van der Waals surface area contributed by atoms with Crippen LogP contribution < -0.4 is 5.32 Å². The average molecular weight is 387 g/mol. The highest BCUT2D eigenvalue weighted by Crippen LogP contribution is 2.21. The summed E-state index contributed by atoms with van der Waals surface area (Å²) in [5.41, 5.74) is 1.84. The molecule has 0 atom stereocenters. The number of imidazole rings is 1. The van der Waals surface area contributed by atoms with Crippen LogP contribution >= 0.6 is 0 Å². The van der Waals surface area contributed by atoms with Crippen LogP contribution in [0, 0.1) is 0 Å². The Morgan fingerprint density at radius 3 is 2.16 bits per heavy atom. The standard InChI is InChI=1S/C9H15N3O2S.C6H6O3S/c1-6(2)15(13,14)9-11-7-4-10-5-8(7)12(9)3;7-10(8,9)6-4-2-1-3-5-6/h6,10H,4-5H2,1-3H3;1-5H,(H,7,8,9). The molecule has 1 aliphatic rings. The number of rotatable bonds is 3. The van der Waals surface area contributed by atoms with E-state index >= 15 is 0 Å². The molecule has 0 spiro atoms. The molecule has 10 heteroatoms. The first-order valence-electron chi connectivity index (χ1n) is 7.56. The lowest BCUT2D eigenvalue weighted by atomic mass is 10.4. The highest BCUT2D eigenvalue weighted by molar-refractivity contribution is 7.91. The molecule has 2 N–H and O–H groups in total. The van der Waals surface area contributed by atoms with E-state index in [-0.39, 0.29) is 10.1 Å². The molecule has 0 radical (unpaired) electrons. The summed E-state index contributed by atoms with van der Waals surface area (Å²) in [6, 6.07) is 7.42. The van der Waals surface area contributed by atoms with Gasteiger partial charge in [-0.05, 0) is 26.0 Å². The van der Waals surface area contributed by atoms with Gasteiger partial charge in [-0.25, -0.2) is 13.4 Å². The minimum Gasteiger partial charge on any atom is -0.321 e. The van der Waals surface area contributed by atoms with Gasteiger partial charge in [0, 0.05) is 20.1 Å². The van der Waals surface area contributed by atoms with Gasteiger partial charge in [0.1, 0.15) is 0 Å². The maximum absolute atomic E-state index is 12.0. The molecule has 0 aliphatic carbocycles. The predicted molar refractivity (Wildman–Crippen MR) is 92.3 cm³/mol. The van der Waals surface area contributed by atoms with Crippen molar-refractivity contribution in [1.82, 2.24) is 14.9 Å². The molecule has 25 heavy (non-hydrogen) atoms. The average Bonchev–Trinajstić information content (AvgIpc) is 3.11. The molecule has 0 saturated heterocycles. The zero-order valence-corrected chi connectivity index (χ0v) is 15.8. The van der Waals surface area contributed by atoms with Crippen molar-refractivity contribution >= 4 is 20.0 Å². The van der Waals surface area contributed by atoms with E-state index in [1.54, 1.807) is 43.7 Å². The fourth-order valence-corrected chi connectivity index (χ4v) is 3.94. The van der Waals surface area contributed by atoms with Gasteiger partial charge in [0.2, 0.25) is 15.0 Å². The quantitative estimate of drug-likeness (QED) is 0.758. The van der Waals surface area contributed by atoms with E-state index in [4.69, 9.17) is 4.55 Å². The molecular formula is C15H21N3O5S2. The fraction of sp³-hybridized carbons (Fsp3) is 0.400. The molecule has 0 saturated carbocycles. The Morgan fingerprint density at radius 2 is 1.72 bits per heavy atom. The fourth-order valence-electron chi connectivity index (χ4n) is 2.28. The van der Waals surface area contributed by atoms with Crippen molar-refractivity contribution in [2.45, 2.75) is 42.2 Å². The van der Waals surface area contributed by atoms with E-state index in [0.717, 1.165) is 11.4 Å². The second-order valence-electron chi connectivity index (χ2n) is 5.83. The van der Waals surface area contributed by atoms with Crippen LogP contribution in [0.5, 0.6) is 0 Å². The number of benzene rings is 1. The molecule has 0 fully saturated rings. The lowest BCUT2D eigenvalue weighted by Crippen LogP contribution is -2.19. The molecule has 1 aliphatic heterocycles. The van der Waals surface area contributed by atoms with Crippen LogP contribution in [0.15, 0.2) is 40.4 Å². The third kappa shape index (κ3) is 4.27. The Balaban J connectivity index is 0.000000196. The Kier molecular flexibility index (Phi) is 5.67. The van der Waals surface area contributed by atoms with Gasteiger partial charge >= 0.3 is 0 Å². The summed E-state index contributed by atoms with van der Waals surface area (Å²) in [5.74, 6) is 0. The molecule has 2 heterocycles. The van der Waals surface area contributed by atoms with E-state index < -0.39 is 25.2 Å². The first kappa shape index (κ1) is 19.6. The summed E-state index contributed by atoms with van der Waals surface area (Å²) in [6.45, 7) is 4.71. The number of hydrogen-bond donors (Lipinski definition) is 2. The first-order chi connectivity index (χ1) is 11.5. The normalized spacial score (nSPS) is 14.1. The summed E-state index contributed by atoms with van der Waals surface area (Å²) >= 11 is 0. The Morgan fingerprint density at radius 1 is 1.12 bits per heavy atom. The van der Waals surface area contributed by atoms with Crippen molar-refractivity contribution in [1.29, 1.82) is 0 Å². The molecule has 1 aromatic heterocycles. The molecule has 0 unspecified atom stereocenters. The number of aromatic nitrogens is 2. The van der Waals surface area contributed by atoms with Crippen molar-refractivity contribution in [3.05, 3.63) is 41.7 Å². The summed E-state index contributed by atoms with van der Waals surface area (Å²) in [4.78, 5) is 4.12. The molecule has 2 aromatic rings. The third-order valence-electron chi connectivity index (χ3n) is 3.76. The summed E-state index contributed by atoms with van der Waals surface area (Å²) in [7, 11) is -5.51. The highest BCUT2D eigenvalue weighted by Gasteiger charge is 2.29. The van der Waals surface area contributed by atoms with Crippen molar-refractivity contribution in [2.24, 2.45) is 7.05 Å². The largest absolute Gasteiger partial charge is 0.321 e. The Hall–Kier alpha value is -1.75. The SMILES string of the molecule is CC(C)S(=O)(=O)c1nc2c(n1C)CNC2.O=S(=O)(O)c1ccccc1. The third-order valence-corrected chi connectivity index (χ3v) is 6.74. The maximum atomic E-state index is 12.0. The minimum absolute atomic E-state index is 0.0741. The van der Waals surface area contributed by atoms with E-state index in [2.05, 4.69) is 10.3 Å². The van der Waals surface area contributed by atoms with Crippen molar-refractivity contribution in [3.63, 3.8) is 0 Å². The van der Waals surface area contributed by atoms with Gasteiger partial charge in [-0.1, -0.05) is 18.2 Å². The van der Waals surface area contributed by atoms with Crippen LogP contribution in [0.1, 0.15) is 25.2 Å². The van der Waals surface area contributed by atoms with Gasteiger partial charge in [0.15, 0.2) is 0 Å². The first-order valence-corrected chi connectivity index (χ1v) is 10.6. The molecule has 0 bridgehead atoms. The van der Waals surface area contributed by atoms with E-state index in [0.29, 0.717) is 13.1 Å². The summed E-state index contributed by atoms with van der Waals surface area (Å²) in [5, 5.41) is 2.91. The van der Waals surface area contributed by atoms with Gasteiger partial charge in [-0.2, -0.15) is 8.42 Å². The summed E-state index contributed by atoms with van der Waals surface area (Å²) < 4.78 is 54.8. The smallest absolute Gasteiger partial charge is 0.294 e. The summed E-state index contributed by atoms with van der Waals surface area (Å²) in [6.07, 6.45) is 0. The lowest BCUT2D eigenvalue weighted by Gasteiger charge is -2.08. The van der Waals surface area contributed by atoms with Crippen LogP contribution in [0.2, 0.25) is 0 Å². The number of hydrogen-bond acceptors (Lipinski definition) is 6. The van der Waals surface area contributed by atoms with Crippen LogP contribution in [0.3, 0.4) is 0 Å². The molecule has 0 amide bonds. The van der Waals surface area contributed by atoms with Gasteiger partial charge in [0.05, 0.1) is 21.5 Å². The number of fused-ring (bicyclic) bond motifs is 1. The van der Waals surface area contributed by atoms with Crippen LogP contribution in [0.4, 0.5) is 0 Å². The number of nitrogens with one attached hydrogen (secondary N) is 1. The zero-order valence-electron chi connectivity index (χ0n) is 14.2. The molecular weight excluding hydrogens is 366 g/mol. The van der Waals surface area contributed by atoms with Crippen molar-refractivity contribution in [3.8, 4) is 0 Å². The van der Waals surface area contributed by atoms with Crippen molar-refractivity contribution < 1.29 is 21.4 Å².